The van der Waals surface area contributed by atoms with Gasteiger partial charge in [0.1, 0.15) is 0 Å². The number of halogens is 1. The summed E-state index contributed by atoms with van der Waals surface area (Å²) in [5.74, 6) is 3.52. The van der Waals surface area contributed by atoms with Gasteiger partial charge < -0.3 is 0 Å². The van der Waals surface area contributed by atoms with E-state index in [1.165, 1.54) is 0 Å². The van der Waals surface area contributed by atoms with Crippen LogP contribution in [0.15, 0.2) is 0 Å². The molecule has 0 fully saturated rings. The Morgan fingerprint density at radius 2 is 2.38 bits per heavy atom. The Bertz CT molecular complexity index is 80.9. The smallest absolute Gasteiger partial charge is 0.0361 e. The van der Waals surface area contributed by atoms with Crippen molar-refractivity contribution in [2.45, 2.75) is 19.8 Å². The molecule has 0 saturated carbocycles. The van der Waals surface area contributed by atoms with Crippen molar-refractivity contribution in [2.24, 2.45) is 5.92 Å². The molecule has 0 saturated heterocycles. The highest BCUT2D eigenvalue weighted by atomic mass is 35.5. The molecule has 0 N–H and O–H groups in total. The Hall–Kier alpha value is -0.150. The van der Waals surface area contributed by atoms with Crippen molar-refractivity contribution in [2.75, 3.05) is 5.88 Å². The van der Waals surface area contributed by atoms with Gasteiger partial charge in [-0.1, -0.05) is 13.3 Å². The van der Waals surface area contributed by atoms with E-state index in [1.54, 1.807) is 0 Å². The highest BCUT2D eigenvalue weighted by Crippen LogP contribution is 2.05. The Morgan fingerprint density at radius 3 is 2.50 bits per heavy atom. The zero-order valence-corrected chi connectivity index (χ0v) is 5.91. The van der Waals surface area contributed by atoms with Crippen LogP contribution in [0.3, 0.4) is 0 Å². The van der Waals surface area contributed by atoms with Crippen molar-refractivity contribution in [1.29, 1.82) is 0 Å². The molecule has 0 rings (SSSR count). The summed E-state index contributed by atoms with van der Waals surface area (Å²) in [5, 5.41) is 0. The van der Waals surface area contributed by atoms with Crippen LogP contribution in [0.2, 0.25) is 0 Å². The summed E-state index contributed by atoms with van der Waals surface area (Å²) in [5.41, 5.74) is 0. The zero-order valence-electron chi connectivity index (χ0n) is 5.15. The van der Waals surface area contributed by atoms with Crippen LogP contribution in [0, 0.1) is 18.3 Å². The van der Waals surface area contributed by atoms with Gasteiger partial charge >= 0.3 is 0 Å². The molecule has 0 aromatic rings. The minimum absolute atomic E-state index is 0.293. The van der Waals surface area contributed by atoms with E-state index < -0.39 is 0 Å². The second-order valence-corrected chi connectivity index (χ2v) is 2.12. The molecule has 0 aliphatic rings. The van der Waals surface area contributed by atoms with Crippen LogP contribution >= 0.6 is 11.6 Å². The Morgan fingerprint density at radius 1 is 1.75 bits per heavy atom. The highest BCUT2D eigenvalue weighted by molar-refractivity contribution is 6.18. The average Bonchev–Trinajstić information content (AvgIpc) is 1.83. The van der Waals surface area contributed by atoms with Crippen LogP contribution in [0.1, 0.15) is 19.8 Å². The van der Waals surface area contributed by atoms with Gasteiger partial charge in [-0.25, -0.2) is 0 Å². The lowest BCUT2D eigenvalue weighted by atomic mass is 10.1. The molecule has 0 bridgehead atoms. The van der Waals surface area contributed by atoms with E-state index >= 15 is 0 Å². The van der Waals surface area contributed by atoms with E-state index in [4.69, 9.17) is 18.0 Å². The molecule has 1 atom stereocenters. The van der Waals surface area contributed by atoms with E-state index in [2.05, 4.69) is 12.8 Å². The minimum atomic E-state index is 0.293. The Balaban J connectivity index is 3.26. The van der Waals surface area contributed by atoms with Crippen molar-refractivity contribution < 1.29 is 0 Å². The molecule has 1 unspecified atom stereocenters. The maximum atomic E-state index is 5.50. The molecule has 0 spiro atoms. The number of hydrogen-bond donors (Lipinski definition) is 0. The fourth-order valence-corrected chi connectivity index (χ4v) is 0.797. The second kappa shape index (κ2) is 5.00. The summed E-state index contributed by atoms with van der Waals surface area (Å²) in [6.45, 7) is 2.11. The maximum Gasteiger partial charge on any atom is 0.0361 e. The summed E-state index contributed by atoms with van der Waals surface area (Å²) in [6, 6.07) is 0. The topological polar surface area (TPSA) is 0 Å². The SMILES string of the molecule is C#CC(CCl)CCC. The summed E-state index contributed by atoms with van der Waals surface area (Å²) >= 11 is 5.50. The van der Waals surface area contributed by atoms with E-state index in [0.717, 1.165) is 12.8 Å². The van der Waals surface area contributed by atoms with Crippen molar-refractivity contribution in [3.8, 4) is 12.3 Å². The molecule has 46 valence electrons. The van der Waals surface area contributed by atoms with Gasteiger partial charge in [0, 0.05) is 11.8 Å². The molecular formula is C7H11Cl. The van der Waals surface area contributed by atoms with Gasteiger partial charge in [-0.2, -0.15) is 0 Å². The third-order valence-corrected chi connectivity index (χ3v) is 1.43. The van der Waals surface area contributed by atoms with Gasteiger partial charge in [-0.15, -0.1) is 23.9 Å². The molecule has 0 aliphatic heterocycles. The highest BCUT2D eigenvalue weighted by Gasteiger charge is 1.98. The van der Waals surface area contributed by atoms with Gasteiger partial charge in [0.2, 0.25) is 0 Å². The molecule has 0 radical (unpaired) electrons. The number of alkyl halides is 1. The largest absolute Gasteiger partial charge is 0.125 e. The maximum absolute atomic E-state index is 5.50. The number of terminal acetylenes is 1. The first kappa shape index (κ1) is 7.85. The van der Waals surface area contributed by atoms with Gasteiger partial charge in [-0.05, 0) is 6.42 Å². The molecular weight excluding hydrogens is 120 g/mol. The van der Waals surface area contributed by atoms with E-state index in [-0.39, 0.29) is 0 Å². The monoisotopic (exact) mass is 130 g/mol. The molecule has 0 heterocycles. The third-order valence-electron chi connectivity index (χ3n) is 1.06. The standard InChI is InChI=1S/C7H11Cl/c1-3-5-7(4-2)6-8/h2,7H,3,5-6H2,1H3. The van der Waals surface area contributed by atoms with E-state index in [9.17, 15) is 0 Å². The van der Waals surface area contributed by atoms with Crippen LogP contribution in [-0.4, -0.2) is 5.88 Å². The van der Waals surface area contributed by atoms with E-state index in [1.807, 2.05) is 0 Å². The Labute approximate surface area is 56.2 Å². The average molecular weight is 131 g/mol. The van der Waals surface area contributed by atoms with Crippen LogP contribution in [0.5, 0.6) is 0 Å². The van der Waals surface area contributed by atoms with Crippen LogP contribution in [0.25, 0.3) is 0 Å². The minimum Gasteiger partial charge on any atom is -0.125 e. The quantitative estimate of drug-likeness (QED) is 0.406. The predicted octanol–water partition coefficient (Wildman–Crippen LogP) is 2.27. The summed E-state index contributed by atoms with van der Waals surface area (Å²) in [6.07, 6.45) is 7.32. The molecule has 0 amide bonds. The zero-order chi connectivity index (χ0) is 6.41. The molecule has 0 aliphatic carbocycles. The Kier molecular flexibility index (Phi) is 4.90. The lowest BCUT2D eigenvalue weighted by molar-refractivity contribution is 0.659. The van der Waals surface area contributed by atoms with E-state index in [0.29, 0.717) is 11.8 Å². The van der Waals surface area contributed by atoms with Crippen molar-refractivity contribution in [3.63, 3.8) is 0 Å². The number of hydrogen-bond acceptors (Lipinski definition) is 0. The second-order valence-electron chi connectivity index (χ2n) is 1.81. The molecule has 0 aromatic carbocycles. The van der Waals surface area contributed by atoms with Gasteiger partial charge in [0.25, 0.3) is 0 Å². The first-order chi connectivity index (χ1) is 3.85. The van der Waals surface area contributed by atoms with Crippen LogP contribution < -0.4 is 0 Å². The van der Waals surface area contributed by atoms with Crippen LogP contribution in [-0.2, 0) is 0 Å². The lowest BCUT2D eigenvalue weighted by Crippen LogP contribution is -1.96. The molecule has 1 heteroatoms. The van der Waals surface area contributed by atoms with Gasteiger partial charge in [-0.3, -0.25) is 0 Å². The molecule has 0 aromatic heterocycles. The van der Waals surface area contributed by atoms with Crippen molar-refractivity contribution in [3.05, 3.63) is 0 Å². The molecule has 0 nitrogen and oxygen atoms in total. The van der Waals surface area contributed by atoms with Crippen molar-refractivity contribution >= 4 is 11.6 Å². The molecule has 8 heavy (non-hydrogen) atoms. The summed E-state index contributed by atoms with van der Waals surface area (Å²) in [7, 11) is 0. The third kappa shape index (κ3) is 2.93. The van der Waals surface area contributed by atoms with Gasteiger partial charge in [0.15, 0.2) is 0 Å². The fraction of sp³-hybridized carbons (Fsp3) is 0.714. The fourth-order valence-electron chi connectivity index (χ4n) is 0.553. The summed E-state index contributed by atoms with van der Waals surface area (Å²) < 4.78 is 0. The lowest BCUT2D eigenvalue weighted by Gasteiger charge is -2.00. The normalized spacial score (nSPS) is 12.6. The van der Waals surface area contributed by atoms with Crippen molar-refractivity contribution in [1.82, 2.24) is 0 Å². The first-order valence-electron chi connectivity index (χ1n) is 2.87. The summed E-state index contributed by atoms with van der Waals surface area (Å²) in [4.78, 5) is 0. The number of rotatable bonds is 3. The van der Waals surface area contributed by atoms with Gasteiger partial charge in [0.05, 0.1) is 0 Å². The predicted molar refractivity (Wildman–Crippen MR) is 38.0 cm³/mol. The first-order valence-corrected chi connectivity index (χ1v) is 3.40. The van der Waals surface area contributed by atoms with Crippen LogP contribution in [0.4, 0.5) is 0 Å².